The normalized spacial score (nSPS) is 23.5. The maximum absolute atomic E-state index is 11.2. The molecule has 1 N–H and O–H groups in total. The van der Waals surface area contributed by atoms with Gasteiger partial charge < -0.3 is 14.6 Å². The minimum absolute atomic E-state index is 0.169. The summed E-state index contributed by atoms with van der Waals surface area (Å²) in [6.45, 7) is 0.169. The van der Waals surface area contributed by atoms with Crippen molar-refractivity contribution in [3.05, 3.63) is 22.4 Å². The van der Waals surface area contributed by atoms with Crippen LogP contribution in [-0.4, -0.2) is 29.3 Å². The first-order chi connectivity index (χ1) is 7.18. The molecule has 1 aliphatic heterocycles. The van der Waals surface area contributed by atoms with Crippen LogP contribution < -0.4 is 0 Å². The van der Waals surface area contributed by atoms with Gasteiger partial charge in [0.2, 0.25) is 0 Å². The molecular formula is C9H8O5S. The number of carbonyl (C=O) groups is 2. The molecule has 2 atom stereocenters. The molecular weight excluding hydrogens is 220 g/mol. The van der Waals surface area contributed by atoms with E-state index in [1.54, 1.807) is 0 Å². The Morgan fingerprint density at radius 1 is 1.53 bits per heavy atom. The van der Waals surface area contributed by atoms with Crippen molar-refractivity contribution >= 4 is 23.3 Å². The second-order valence-corrected chi connectivity index (χ2v) is 4.03. The van der Waals surface area contributed by atoms with Crippen LogP contribution >= 0.6 is 11.3 Å². The molecule has 1 aromatic rings. The quantitative estimate of drug-likeness (QED) is 0.604. The summed E-state index contributed by atoms with van der Waals surface area (Å²) in [5.74, 6) is -1.75. The average Bonchev–Trinajstić information content (AvgIpc) is 2.85. The third-order valence-electron chi connectivity index (χ3n) is 1.90. The largest absolute Gasteiger partial charge is 0.479 e. The molecule has 0 saturated carbocycles. The molecule has 0 aliphatic carbocycles. The monoisotopic (exact) mass is 228 g/mol. The molecule has 2 heterocycles. The number of rotatable bonds is 4. The van der Waals surface area contributed by atoms with Crippen molar-refractivity contribution in [3.63, 3.8) is 0 Å². The van der Waals surface area contributed by atoms with Crippen LogP contribution in [0, 0.1) is 0 Å². The molecule has 0 radical (unpaired) electrons. The highest BCUT2D eigenvalue weighted by Crippen LogP contribution is 2.24. The standard InChI is InChI=1S/C9H8O5S/c10-8(11)6-7(14-6)9(12)13-4-5-2-1-3-15-5/h1-3,6-7H,4H2,(H,10,11). The second-order valence-electron chi connectivity index (χ2n) is 3.00. The van der Waals surface area contributed by atoms with Crippen molar-refractivity contribution in [3.8, 4) is 0 Å². The van der Waals surface area contributed by atoms with Crippen LogP contribution in [0.2, 0.25) is 0 Å². The molecule has 1 fully saturated rings. The molecule has 0 aromatic carbocycles. The van der Waals surface area contributed by atoms with Crippen LogP contribution in [0.15, 0.2) is 17.5 Å². The molecule has 2 rings (SSSR count). The predicted molar refractivity (Wildman–Crippen MR) is 50.4 cm³/mol. The lowest BCUT2D eigenvalue weighted by molar-refractivity contribution is -0.147. The highest BCUT2D eigenvalue weighted by molar-refractivity contribution is 7.09. The lowest BCUT2D eigenvalue weighted by Gasteiger charge is -1.99. The molecule has 1 aromatic heterocycles. The number of aliphatic carboxylic acids is 1. The Hall–Kier alpha value is -1.40. The zero-order valence-corrected chi connectivity index (χ0v) is 8.40. The summed E-state index contributed by atoms with van der Waals surface area (Å²) in [7, 11) is 0. The molecule has 0 bridgehead atoms. The molecule has 1 saturated heterocycles. The maximum Gasteiger partial charge on any atom is 0.339 e. The van der Waals surface area contributed by atoms with Crippen LogP contribution in [0.1, 0.15) is 4.88 Å². The predicted octanol–water partition coefficient (Wildman–Crippen LogP) is 0.643. The summed E-state index contributed by atoms with van der Waals surface area (Å²) in [6, 6.07) is 3.68. The lowest BCUT2D eigenvalue weighted by atomic mass is 10.3. The number of carboxylic acids is 1. The summed E-state index contributed by atoms with van der Waals surface area (Å²) in [6.07, 6.45) is -1.96. The lowest BCUT2D eigenvalue weighted by Crippen LogP contribution is -2.17. The van der Waals surface area contributed by atoms with Gasteiger partial charge in [0.1, 0.15) is 6.61 Å². The Morgan fingerprint density at radius 2 is 2.33 bits per heavy atom. The Labute approximate surface area is 89.2 Å². The van der Waals surface area contributed by atoms with Gasteiger partial charge in [-0.3, -0.25) is 0 Å². The van der Waals surface area contributed by atoms with Crippen molar-refractivity contribution < 1.29 is 24.2 Å². The highest BCUT2D eigenvalue weighted by Gasteiger charge is 2.51. The topological polar surface area (TPSA) is 76.1 Å². The van der Waals surface area contributed by atoms with E-state index in [1.165, 1.54) is 11.3 Å². The highest BCUT2D eigenvalue weighted by atomic mass is 32.1. The minimum atomic E-state index is -1.13. The average molecular weight is 228 g/mol. The SMILES string of the molecule is O=C(O)C1OC1C(=O)OCc1cccs1. The van der Waals surface area contributed by atoms with Crippen molar-refractivity contribution in [1.82, 2.24) is 0 Å². The van der Waals surface area contributed by atoms with E-state index in [2.05, 4.69) is 4.74 Å². The van der Waals surface area contributed by atoms with Gasteiger partial charge in [-0.25, -0.2) is 9.59 Å². The molecule has 6 heteroatoms. The van der Waals surface area contributed by atoms with Gasteiger partial charge in [-0.05, 0) is 11.4 Å². The third kappa shape index (κ3) is 2.34. The molecule has 0 amide bonds. The smallest absolute Gasteiger partial charge is 0.339 e. The summed E-state index contributed by atoms with van der Waals surface area (Å²) < 4.78 is 9.51. The second kappa shape index (κ2) is 4.00. The summed E-state index contributed by atoms with van der Waals surface area (Å²) >= 11 is 1.47. The Bertz CT molecular complexity index is 372. The van der Waals surface area contributed by atoms with Crippen LogP contribution in [-0.2, 0) is 25.7 Å². The van der Waals surface area contributed by atoms with Gasteiger partial charge in [-0.1, -0.05) is 6.07 Å². The minimum Gasteiger partial charge on any atom is -0.479 e. The fourth-order valence-corrected chi connectivity index (χ4v) is 1.71. The fourth-order valence-electron chi connectivity index (χ4n) is 1.10. The molecule has 5 nitrogen and oxygen atoms in total. The van der Waals surface area contributed by atoms with Gasteiger partial charge in [0, 0.05) is 4.88 Å². The molecule has 80 valence electrons. The van der Waals surface area contributed by atoms with Crippen LogP contribution in [0.4, 0.5) is 0 Å². The van der Waals surface area contributed by atoms with Crippen molar-refractivity contribution in [2.75, 3.05) is 0 Å². The van der Waals surface area contributed by atoms with Crippen molar-refractivity contribution in [2.45, 2.75) is 18.8 Å². The zero-order chi connectivity index (χ0) is 10.8. The van der Waals surface area contributed by atoms with Gasteiger partial charge >= 0.3 is 11.9 Å². The molecule has 0 spiro atoms. The maximum atomic E-state index is 11.2. The van der Waals surface area contributed by atoms with Crippen LogP contribution in [0.5, 0.6) is 0 Å². The summed E-state index contributed by atoms with van der Waals surface area (Å²) in [5, 5.41) is 10.4. The molecule has 1 aliphatic rings. The summed E-state index contributed by atoms with van der Waals surface area (Å²) in [5.41, 5.74) is 0. The first kappa shape index (κ1) is 10.1. The van der Waals surface area contributed by atoms with E-state index in [9.17, 15) is 9.59 Å². The summed E-state index contributed by atoms with van der Waals surface area (Å²) in [4.78, 5) is 22.5. The van der Waals surface area contributed by atoms with E-state index in [0.29, 0.717) is 0 Å². The van der Waals surface area contributed by atoms with Gasteiger partial charge in [0.15, 0.2) is 12.2 Å². The zero-order valence-electron chi connectivity index (χ0n) is 7.58. The van der Waals surface area contributed by atoms with Gasteiger partial charge in [0.25, 0.3) is 0 Å². The Kier molecular flexibility index (Phi) is 2.70. The first-order valence-corrected chi connectivity index (χ1v) is 5.14. The van der Waals surface area contributed by atoms with E-state index in [0.717, 1.165) is 4.88 Å². The van der Waals surface area contributed by atoms with Crippen LogP contribution in [0.25, 0.3) is 0 Å². The number of esters is 1. The number of hydrogen-bond acceptors (Lipinski definition) is 5. The van der Waals surface area contributed by atoms with Gasteiger partial charge in [-0.15, -0.1) is 11.3 Å². The molecule has 15 heavy (non-hydrogen) atoms. The number of carbonyl (C=O) groups excluding carboxylic acids is 1. The number of hydrogen-bond donors (Lipinski definition) is 1. The van der Waals surface area contributed by atoms with Gasteiger partial charge in [-0.2, -0.15) is 0 Å². The Morgan fingerprint density at radius 3 is 2.87 bits per heavy atom. The third-order valence-corrected chi connectivity index (χ3v) is 2.75. The van der Waals surface area contributed by atoms with E-state index in [4.69, 9.17) is 9.84 Å². The Balaban J connectivity index is 1.77. The van der Waals surface area contributed by atoms with Crippen molar-refractivity contribution in [2.24, 2.45) is 0 Å². The number of carboxylic acid groups (broad SMARTS) is 1. The molecule has 2 unspecified atom stereocenters. The number of ether oxygens (including phenoxy) is 2. The fraction of sp³-hybridized carbons (Fsp3) is 0.333. The number of thiophene rings is 1. The van der Waals surface area contributed by atoms with Crippen molar-refractivity contribution in [1.29, 1.82) is 0 Å². The first-order valence-electron chi connectivity index (χ1n) is 4.26. The van der Waals surface area contributed by atoms with E-state index >= 15 is 0 Å². The van der Waals surface area contributed by atoms with Crippen LogP contribution in [0.3, 0.4) is 0 Å². The number of epoxide rings is 1. The van der Waals surface area contributed by atoms with E-state index in [-0.39, 0.29) is 6.61 Å². The van der Waals surface area contributed by atoms with Gasteiger partial charge in [0.05, 0.1) is 0 Å². The van der Waals surface area contributed by atoms with E-state index in [1.807, 2.05) is 17.5 Å². The van der Waals surface area contributed by atoms with E-state index < -0.39 is 24.1 Å².